The number of nitrogens with zero attached hydrogens (tertiary/aromatic N) is 1. The van der Waals surface area contributed by atoms with E-state index in [1.54, 1.807) is 0 Å². The van der Waals surface area contributed by atoms with Crippen molar-refractivity contribution in [1.82, 2.24) is 4.90 Å². The minimum Gasteiger partial charge on any atom is -0.411 e. The predicted molar refractivity (Wildman–Crippen MR) is 142 cm³/mol. The lowest BCUT2D eigenvalue weighted by Gasteiger charge is -2.47. The van der Waals surface area contributed by atoms with Crippen molar-refractivity contribution in [3.05, 3.63) is 35.9 Å². The summed E-state index contributed by atoms with van der Waals surface area (Å²) in [6.07, 6.45) is 3.76. The van der Waals surface area contributed by atoms with E-state index in [2.05, 4.69) is 103 Å². The monoisotopic (exact) mass is 475 g/mol. The molecule has 0 bridgehead atoms. The van der Waals surface area contributed by atoms with Gasteiger partial charge in [-0.1, -0.05) is 71.9 Å². The molecule has 0 radical (unpaired) electrons. The lowest BCUT2D eigenvalue weighted by molar-refractivity contribution is -0.0164. The van der Waals surface area contributed by atoms with Crippen LogP contribution in [0.3, 0.4) is 0 Å². The summed E-state index contributed by atoms with van der Waals surface area (Å²) in [6.45, 7) is 27.1. The second-order valence-electron chi connectivity index (χ2n) is 13.5. The molecule has 182 valence electrons. The van der Waals surface area contributed by atoms with Crippen LogP contribution in [0.1, 0.15) is 66.4 Å². The predicted octanol–water partition coefficient (Wildman–Crippen LogP) is 7.45. The smallest absolute Gasteiger partial charge is 0.192 e. The zero-order chi connectivity index (χ0) is 24.0. The fraction of sp³-hybridized carbons (Fsp3) is 0.778. The van der Waals surface area contributed by atoms with E-state index in [1.165, 1.54) is 12.0 Å². The molecule has 2 aliphatic rings. The van der Waals surface area contributed by atoms with Crippen molar-refractivity contribution in [3.63, 3.8) is 0 Å². The van der Waals surface area contributed by atoms with E-state index in [-0.39, 0.29) is 21.8 Å². The maximum atomic E-state index is 7.28. The van der Waals surface area contributed by atoms with Gasteiger partial charge in [0, 0.05) is 19.0 Å². The van der Waals surface area contributed by atoms with Crippen molar-refractivity contribution in [2.45, 2.75) is 115 Å². The Bertz CT molecular complexity index is 760. The van der Waals surface area contributed by atoms with Gasteiger partial charge in [-0.3, -0.25) is 4.90 Å². The average molecular weight is 476 g/mol. The minimum atomic E-state index is -1.91. The van der Waals surface area contributed by atoms with Crippen molar-refractivity contribution in [2.24, 2.45) is 5.92 Å². The molecule has 1 aliphatic carbocycles. The van der Waals surface area contributed by atoms with E-state index >= 15 is 0 Å². The molecule has 1 aromatic rings. The molecule has 5 heteroatoms. The van der Waals surface area contributed by atoms with Crippen molar-refractivity contribution >= 4 is 16.6 Å². The quantitative estimate of drug-likeness (QED) is 0.364. The van der Waals surface area contributed by atoms with Crippen LogP contribution in [-0.4, -0.2) is 46.3 Å². The molecule has 32 heavy (non-hydrogen) atoms. The zero-order valence-corrected chi connectivity index (χ0v) is 24.5. The van der Waals surface area contributed by atoms with Gasteiger partial charge < -0.3 is 8.85 Å². The molecule has 3 rings (SSSR count). The molecule has 1 saturated carbocycles. The molecule has 1 saturated heterocycles. The Morgan fingerprint density at radius 1 is 0.938 bits per heavy atom. The van der Waals surface area contributed by atoms with Crippen molar-refractivity contribution < 1.29 is 8.85 Å². The first-order valence-corrected chi connectivity index (χ1v) is 18.5. The van der Waals surface area contributed by atoms with Gasteiger partial charge in [-0.05, 0) is 67.6 Å². The summed E-state index contributed by atoms with van der Waals surface area (Å²) in [5.41, 5.74) is 1.35. The Labute approximate surface area is 200 Å². The molecular weight excluding hydrogens is 426 g/mol. The highest BCUT2D eigenvalue weighted by molar-refractivity contribution is 6.74. The summed E-state index contributed by atoms with van der Waals surface area (Å²) in [4.78, 5) is 2.63. The van der Waals surface area contributed by atoms with Crippen LogP contribution < -0.4 is 0 Å². The lowest BCUT2D eigenvalue weighted by atomic mass is 9.95. The molecule has 1 aromatic carbocycles. The number of hydrogen-bond acceptors (Lipinski definition) is 3. The van der Waals surface area contributed by atoms with Crippen LogP contribution in [0.2, 0.25) is 36.3 Å². The summed E-state index contributed by atoms with van der Waals surface area (Å²) in [5.74, 6) is 0.556. The van der Waals surface area contributed by atoms with Gasteiger partial charge in [-0.15, -0.1) is 0 Å². The third-order valence-electron chi connectivity index (χ3n) is 8.74. The number of rotatable bonds is 8. The van der Waals surface area contributed by atoms with Gasteiger partial charge in [0.2, 0.25) is 0 Å². The van der Waals surface area contributed by atoms with Crippen LogP contribution in [-0.2, 0) is 15.4 Å². The van der Waals surface area contributed by atoms with Gasteiger partial charge in [0.15, 0.2) is 16.6 Å². The van der Waals surface area contributed by atoms with Crippen LogP contribution in [0.25, 0.3) is 0 Å². The highest BCUT2D eigenvalue weighted by Gasteiger charge is 2.60. The Balaban J connectivity index is 1.82. The molecular formula is C27H49NO2Si2. The van der Waals surface area contributed by atoms with Gasteiger partial charge in [0.25, 0.3) is 0 Å². The highest BCUT2D eigenvalue weighted by Crippen LogP contribution is 2.54. The third-order valence-corrected chi connectivity index (χ3v) is 17.7. The first-order chi connectivity index (χ1) is 14.6. The van der Waals surface area contributed by atoms with Gasteiger partial charge in [0.05, 0.1) is 11.7 Å². The highest BCUT2D eigenvalue weighted by atomic mass is 28.4. The standard InChI is InChI=1S/C27H49NO2Si2/c1-25(2,3)31(7,8)29-24(27(17-18-27)30-32(9,10)26(4,5)6)23-16-19-28(21-23)20-22-14-12-11-13-15-22/h11-15,23-24H,16-21H2,1-10H3. The zero-order valence-electron chi connectivity index (χ0n) is 22.5. The van der Waals surface area contributed by atoms with Crippen molar-refractivity contribution in [2.75, 3.05) is 13.1 Å². The number of hydrogen-bond donors (Lipinski definition) is 0. The minimum absolute atomic E-state index is 0.0635. The maximum absolute atomic E-state index is 7.28. The van der Waals surface area contributed by atoms with E-state index in [9.17, 15) is 0 Å². The molecule has 1 aliphatic heterocycles. The second-order valence-corrected chi connectivity index (χ2v) is 23.0. The lowest BCUT2D eigenvalue weighted by Crippen LogP contribution is -2.55. The third kappa shape index (κ3) is 5.77. The Hall–Kier alpha value is -0.466. The topological polar surface area (TPSA) is 21.7 Å². The molecule has 0 spiro atoms. The van der Waals surface area contributed by atoms with E-state index < -0.39 is 16.6 Å². The summed E-state index contributed by atoms with van der Waals surface area (Å²) in [7, 11) is -3.77. The molecule has 1 heterocycles. The largest absolute Gasteiger partial charge is 0.411 e. The van der Waals surface area contributed by atoms with E-state index in [0.717, 1.165) is 32.5 Å². The summed E-state index contributed by atoms with van der Waals surface area (Å²) >= 11 is 0. The van der Waals surface area contributed by atoms with Crippen molar-refractivity contribution in [1.29, 1.82) is 0 Å². The van der Waals surface area contributed by atoms with Gasteiger partial charge in [0.1, 0.15) is 0 Å². The molecule has 0 N–H and O–H groups in total. The van der Waals surface area contributed by atoms with E-state index in [1.807, 2.05) is 0 Å². The molecule has 2 fully saturated rings. The Morgan fingerprint density at radius 3 is 2.00 bits per heavy atom. The molecule has 0 amide bonds. The van der Waals surface area contributed by atoms with Gasteiger partial charge in [-0.25, -0.2) is 0 Å². The normalized spacial score (nSPS) is 23.4. The van der Waals surface area contributed by atoms with E-state index in [4.69, 9.17) is 8.85 Å². The average Bonchev–Trinajstić information content (AvgIpc) is 3.26. The number of likely N-dealkylation sites (tertiary alicyclic amines) is 1. The first kappa shape index (κ1) is 26.1. The van der Waals surface area contributed by atoms with Gasteiger partial charge >= 0.3 is 0 Å². The summed E-state index contributed by atoms with van der Waals surface area (Å²) in [5, 5.41) is 0.430. The molecule has 0 aromatic heterocycles. The Kier molecular flexibility index (Phi) is 7.32. The fourth-order valence-electron chi connectivity index (χ4n) is 4.45. The maximum Gasteiger partial charge on any atom is 0.192 e. The van der Waals surface area contributed by atoms with Crippen LogP contribution in [0, 0.1) is 5.92 Å². The fourth-order valence-corrected chi connectivity index (χ4v) is 7.49. The van der Waals surface area contributed by atoms with Gasteiger partial charge in [-0.2, -0.15) is 0 Å². The van der Waals surface area contributed by atoms with Crippen LogP contribution in [0.15, 0.2) is 30.3 Å². The van der Waals surface area contributed by atoms with Crippen molar-refractivity contribution in [3.8, 4) is 0 Å². The second kappa shape index (κ2) is 8.96. The summed E-state index contributed by atoms with van der Waals surface area (Å²) < 4.78 is 14.5. The number of benzene rings is 1. The van der Waals surface area contributed by atoms with Crippen LogP contribution in [0.5, 0.6) is 0 Å². The SMILES string of the molecule is CC(C)(C)[Si](C)(C)OC(C1CCN(Cc2ccccc2)C1)C1(O[Si](C)(C)C(C)(C)C)CC1. The van der Waals surface area contributed by atoms with Crippen LogP contribution in [0.4, 0.5) is 0 Å². The molecule has 2 atom stereocenters. The van der Waals surface area contributed by atoms with Crippen LogP contribution >= 0.6 is 0 Å². The molecule has 2 unspecified atom stereocenters. The first-order valence-electron chi connectivity index (χ1n) is 12.7. The van der Waals surface area contributed by atoms with E-state index in [0.29, 0.717) is 5.92 Å². The molecule has 3 nitrogen and oxygen atoms in total. The Morgan fingerprint density at radius 2 is 1.50 bits per heavy atom. The summed E-state index contributed by atoms with van der Waals surface area (Å²) in [6, 6.07) is 10.9.